The zero-order valence-electron chi connectivity index (χ0n) is 17.1. The van der Waals surface area contributed by atoms with Gasteiger partial charge in [0.1, 0.15) is 11.8 Å². The molecule has 26 heavy (non-hydrogen) atoms. The van der Waals surface area contributed by atoms with E-state index in [0.29, 0.717) is 24.7 Å². The van der Waals surface area contributed by atoms with Crippen LogP contribution in [0.5, 0.6) is 0 Å². The smallest absolute Gasteiger partial charge is 0.317 e. The van der Waals surface area contributed by atoms with Crippen molar-refractivity contribution in [3.63, 3.8) is 0 Å². The lowest BCUT2D eigenvalue weighted by Crippen LogP contribution is -2.56. The third-order valence-corrected chi connectivity index (χ3v) is 4.47. The highest BCUT2D eigenvalue weighted by Gasteiger charge is 2.35. The molecule has 0 aliphatic carbocycles. The molecule has 1 fully saturated rings. The Morgan fingerprint density at radius 3 is 2.42 bits per heavy atom. The van der Waals surface area contributed by atoms with E-state index in [4.69, 9.17) is 20.3 Å². The van der Waals surface area contributed by atoms with Crippen LogP contribution in [0.25, 0.3) is 0 Å². The van der Waals surface area contributed by atoms with E-state index < -0.39 is 11.9 Å². The summed E-state index contributed by atoms with van der Waals surface area (Å²) >= 11 is 0. The number of carbonyl (C=O) groups is 1. The van der Waals surface area contributed by atoms with E-state index in [1.54, 1.807) is 27.9 Å². The molecule has 1 aliphatic rings. The van der Waals surface area contributed by atoms with Crippen molar-refractivity contribution in [1.29, 1.82) is 10.8 Å². The Hall–Kier alpha value is -1.47. The van der Waals surface area contributed by atoms with Crippen molar-refractivity contribution in [1.82, 2.24) is 10.2 Å². The van der Waals surface area contributed by atoms with Gasteiger partial charge in [-0.2, -0.15) is 0 Å². The van der Waals surface area contributed by atoms with E-state index in [2.05, 4.69) is 19.2 Å². The van der Waals surface area contributed by atoms with Gasteiger partial charge >= 0.3 is 5.97 Å². The standard InChI is InChI=1S/C19H36N4O3/c1-12(2)10-22-16-7-8-23(11-17(16)25-6)18(21)15(9-14(5)20)19(24)26-13(3)4/h12-13,15-17,20-22H,7-11H2,1-6H3. The molecule has 0 bridgehead atoms. The first-order chi connectivity index (χ1) is 12.1. The van der Waals surface area contributed by atoms with Gasteiger partial charge in [0.2, 0.25) is 0 Å². The van der Waals surface area contributed by atoms with Crippen LogP contribution in [-0.4, -0.2) is 67.4 Å². The van der Waals surface area contributed by atoms with Crippen LogP contribution < -0.4 is 5.32 Å². The van der Waals surface area contributed by atoms with Gasteiger partial charge in [-0.1, -0.05) is 13.8 Å². The minimum absolute atomic E-state index is 0.0364. The number of nitrogens with zero attached hydrogens (tertiary/aromatic N) is 1. The molecule has 7 heteroatoms. The number of amidine groups is 1. The molecule has 7 nitrogen and oxygen atoms in total. The number of esters is 1. The molecule has 3 atom stereocenters. The second-order valence-corrected chi connectivity index (χ2v) is 7.83. The van der Waals surface area contributed by atoms with Gasteiger partial charge in [0, 0.05) is 38.4 Å². The summed E-state index contributed by atoms with van der Waals surface area (Å²) in [5, 5.41) is 19.9. The minimum Gasteiger partial charge on any atom is -0.462 e. The van der Waals surface area contributed by atoms with Gasteiger partial charge in [-0.15, -0.1) is 0 Å². The van der Waals surface area contributed by atoms with Crippen molar-refractivity contribution in [3.8, 4) is 0 Å². The Kier molecular flexibility index (Phi) is 9.22. The summed E-state index contributed by atoms with van der Waals surface area (Å²) in [5.41, 5.74) is 0.372. The number of piperidine rings is 1. The van der Waals surface area contributed by atoms with Crippen molar-refractivity contribution < 1.29 is 14.3 Å². The Morgan fingerprint density at radius 2 is 1.92 bits per heavy atom. The van der Waals surface area contributed by atoms with Crippen molar-refractivity contribution in [2.75, 3.05) is 26.7 Å². The summed E-state index contributed by atoms with van der Waals surface area (Å²) in [5.74, 6) is -0.362. The molecular weight excluding hydrogens is 332 g/mol. The number of hydrogen-bond donors (Lipinski definition) is 3. The van der Waals surface area contributed by atoms with Gasteiger partial charge in [-0.3, -0.25) is 10.2 Å². The van der Waals surface area contributed by atoms with Crippen LogP contribution in [0, 0.1) is 22.7 Å². The number of carbonyl (C=O) groups excluding carboxylic acids is 1. The van der Waals surface area contributed by atoms with E-state index >= 15 is 0 Å². The fraction of sp³-hybridized carbons (Fsp3) is 0.842. The van der Waals surface area contributed by atoms with Gasteiger partial charge in [0.25, 0.3) is 0 Å². The third-order valence-electron chi connectivity index (χ3n) is 4.47. The van der Waals surface area contributed by atoms with Gasteiger partial charge in [-0.05, 0) is 39.7 Å². The average Bonchev–Trinajstić information content (AvgIpc) is 2.56. The molecule has 0 amide bonds. The molecule has 1 aliphatic heterocycles. The van der Waals surface area contributed by atoms with E-state index in [1.165, 1.54) is 0 Å². The molecule has 1 heterocycles. The molecule has 0 aromatic heterocycles. The van der Waals surface area contributed by atoms with Crippen LogP contribution in [-0.2, 0) is 14.3 Å². The number of methoxy groups -OCH3 is 1. The predicted molar refractivity (Wildman–Crippen MR) is 104 cm³/mol. The Labute approximate surface area is 157 Å². The van der Waals surface area contributed by atoms with E-state index in [-0.39, 0.29) is 30.5 Å². The van der Waals surface area contributed by atoms with Crippen molar-refractivity contribution >= 4 is 17.5 Å². The van der Waals surface area contributed by atoms with Gasteiger partial charge in [0.05, 0.1) is 12.2 Å². The molecule has 0 spiro atoms. The zero-order valence-corrected chi connectivity index (χ0v) is 17.1. The number of hydrogen-bond acceptors (Lipinski definition) is 6. The first-order valence-corrected chi connectivity index (χ1v) is 9.49. The predicted octanol–water partition coefficient (Wildman–Crippen LogP) is 2.30. The summed E-state index contributed by atoms with van der Waals surface area (Å²) in [6, 6.07) is 0.247. The van der Waals surface area contributed by atoms with Crippen molar-refractivity contribution in [2.24, 2.45) is 11.8 Å². The molecule has 150 valence electrons. The fourth-order valence-electron chi connectivity index (χ4n) is 3.13. The van der Waals surface area contributed by atoms with Crippen molar-refractivity contribution in [2.45, 2.75) is 65.7 Å². The molecule has 1 saturated heterocycles. The third kappa shape index (κ3) is 7.03. The van der Waals surface area contributed by atoms with E-state index in [0.717, 1.165) is 13.0 Å². The quantitative estimate of drug-likeness (QED) is 0.329. The summed E-state index contributed by atoms with van der Waals surface area (Å²) in [6.45, 7) is 11.8. The maximum atomic E-state index is 12.4. The lowest BCUT2D eigenvalue weighted by Gasteiger charge is -2.40. The monoisotopic (exact) mass is 368 g/mol. The highest BCUT2D eigenvalue weighted by Crippen LogP contribution is 2.20. The first kappa shape index (κ1) is 22.6. The van der Waals surface area contributed by atoms with Crippen molar-refractivity contribution in [3.05, 3.63) is 0 Å². The zero-order chi connectivity index (χ0) is 19.9. The topological polar surface area (TPSA) is 98.5 Å². The van der Waals surface area contributed by atoms with Gasteiger partial charge in [0.15, 0.2) is 0 Å². The molecular formula is C19H36N4O3. The highest BCUT2D eigenvalue weighted by molar-refractivity contribution is 6.02. The molecule has 1 rings (SSSR count). The fourth-order valence-corrected chi connectivity index (χ4v) is 3.13. The van der Waals surface area contributed by atoms with Crippen LogP contribution in [0.3, 0.4) is 0 Å². The Balaban J connectivity index is 2.79. The largest absolute Gasteiger partial charge is 0.462 e. The maximum absolute atomic E-state index is 12.4. The average molecular weight is 369 g/mol. The maximum Gasteiger partial charge on any atom is 0.317 e. The SMILES string of the molecule is COC1CN(C(=N)C(CC(C)=N)C(=O)OC(C)C)CCC1NCC(C)C. The van der Waals surface area contributed by atoms with Crippen LogP contribution >= 0.6 is 0 Å². The first-order valence-electron chi connectivity index (χ1n) is 9.49. The molecule has 0 aromatic carbocycles. The minimum atomic E-state index is -0.729. The summed E-state index contributed by atoms with van der Waals surface area (Å²) in [6.07, 6.45) is 0.795. The lowest BCUT2D eigenvalue weighted by molar-refractivity contribution is -0.150. The Morgan fingerprint density at radius 1 is 1.27 bits per heavy atom. The lowest BCUT2D eigenvalue weighted by atomic mass is 9.96. The highest BCUT2D eigenvalue weighted by atomic mass is 16.5. The Bertz CT molecular complexity index is 493. The van der Waals surface area contributed by atoms with Gasteiger partial charge < -0.3 is 25.1 Å². The summed E-state index contributed by atoms with van der Waals surface area (Å²) in [7, 11) is 1.69. The van der Waals surface area contributed by atoms with Crippen LogP contribution in [0.15, 0.2) is 0 Å². The molecule has 3 N–H and O–H groups in total. The molecule has 0 saturated carbocycles. The number of likely N-dealkylation sites (tertiary alicyclic amines) is 1. The number of rotatable bonds is 9. The second-order valence-electron chi connectivity index (χ2n) is 7.83. The second kappa shape index (κ2) is 10.6. The molecule has 0 radical (unpaired) electrons. The van der Waals surface area contributed by atoms with E-state index in [9.17, 15) is 4.79 Å². The molecule has 3 unspecified atom stereocenters. The van der Waals surface area contributed by atoms with Gasteiger partial charge in [-0.25, -0.2) is 0 Å². The number of ether oxygens (including phenoxy) is 2. The number of nitrogens with one attached hydrogen (secondary N) is 3. The van der Waals surface area contributed by atoms with E-state index in [1.807, 2.05) is 4.90 Å². The summed E-state index contributed by atoms with van der Waals surface area (Å²) < 4.78 is 11.0. The van der Waals surface area contributed by atoms with Crippen LogP contribution in [0.2, 0.25) is 0 Å². The van der Waals surface area contributed by atoms with Crippen LogP contribution in [0.4, 0.5) is 0 Å². The summed E-state index contributed by atoms with van der Waals surface area (Å²) in [4.78, 5) is 14.3. The molecule has 0 aromatic rings. The van der Waals surface area contributed by atoms with Crippen LogP contribution in [0.1, 0.15) is 47.5 Å². The normalized spacial score (nSPS) is 21.8.